The van der Waals surface area contributed by atoms with Crippen LogP contribution in [0, 0.1) is 11.6 Å². The topological polar surface area (TPSA) is 39.7 Å². The fourth-order valence-electron chi connectivity index (χ4n) is 4.38. The van der Waals surface area contributed by atoms with Gasteiger partial charge in [-0.1, -0.05) is 25.3 Å². The summed E-state index contributed by atoms with van der Waals surface area (Å²) < 4.78 is 26.8. The van der Waals surface area contributed by atoms with E-state index in [2.05, 4.69) is 20.5 Å². The van der Waals surface area contributed by atoms with Crippen molar-refractivity contribution in [3.05, 3.63) is 35.4 Å². The lowest BCUT2D eigenvalue weighted by molar-refractivity contribution is 0.119. The maximum atomic E-state index is 13.8. The van der Waals surface area contributed by atoms with Crippen LogP contribution in [-0.2, 0) is 6.42 Å². The van der Waals surface area contributed by atoms with Gasteiger partial charge in [-0.25, -0.2) is 8.78 Å². The summed E-state index contributed by atoms with van der Waals surface area (Å²) >= 11 is 0. The predicted molar refractivity (Wildman–Crippen MR) is 111 cm³/mol. The summed E-state index contributed by atoms with van der Waals surface area (Å²) in [5.74, 6) is -0.247. The highest BCUT2D eigenvalue weighted by molar-refractivity contribution is 5.80. The maximum Gasteiger partial charge on any atom is 0.191 e. The minimum Gasteiger partial charge on any atom is -0.357 e. The molecule has 0 unspecified atom stereocenters. The van der Waals surface area contributed by atoms with Gasteiger partial charge in [-0.3, -0.25) is 4.99 Å². The second-order valence-corrected chi connectivity index (χ2v) is 7.99. The molecule has 0 amide bonds. The highest BCUT2D eigenvalue weighted by Gasteiger charge is 2.26. The van der Waals surface area contributed by atoms with E-state index in [1.54, 1.807) is 0 Å². The molecule has 3 rings (SSSR count). The number of halogens is 2. The molecule has 4 nitrogen and oxygen atoms in total. The van der Waals surface area contributed by atoms with E-state index >= 15 is 0 Å². The van der Waals surface area contributed by atoms with Crippen molar-refractivity contribution >= 4 is 5.96 Å². The van der Waals surface area contributed by atoms with Crippen molar-refractivity contribution in [2.45, 2.75) is 70.4 Å². The molecule has 1 aliphatic heterocycles. The van der Waals surface area contributed by atoms with Crippen LogP contribution >= 0.6 is 0 Å². The SMILES string of the molecule is CCNC(=NCCc1ccc(F)cc1F)NC1CCN(C2CCCCC2)CC1. The molecule has 0 radical (unpaired) electrons. The van der Waals surface area contributed by atoms with Gasteiger partial charge in [0.05, 0.1) is 0 Å². The molecule has 156 valence electrons. The largest absolute Gasteiger partial charge is 0.357 e. The number of benzene rings is 1. The molecule has 2 N–H and O–H groups in total. The van der Waals surface area contributed by atoms with Crippen molar-refractivity contribution in [2.75, 3.05) is 26.2 Å². The molecule has 1 heterocycles. The average molecular weight is 393 g/mol. The molecule has 1 saturated heterocycles. The number of nitrogens with zero attached hydrogens (tertiary/aromatic N) is 2. The zero-order valence-electron chi connectivity index (χ0n) is 17.0. The lowest BCUT2D eigenvalue weighted by Gasteiger charge is -2.39. The fraction of sp³-hybridized carbons (Fsp3) is 0.682. The Morgan fingerprint density at radius 1 is 1.11 bits per heavy atom. The van der Waals surface area contributed by atoms with Gasteiger partial charge in [0.15, 0.2) is 5.96 Å². The van der Waals surface area contributed by atoms with Crippen LogP contribution in [0.3, 0.4) is 0 Å². The normalized spacial score (nSPS) is 20.3. The van der Waals surface area contributed by atoms with Crippen molar-refractivity contribution in [1.82, 2.24) is 15.5 Å². The molecule has 0 atom stereocenters. The van der Waals surface area contributed by atoms with E-state index in [1.807, 2.05) is 6.92 Å². The Hall–Kier alpha value is -1.69. The van der Waals surface area contributed by atoms with Crippen LogP contribution in [0.25, 0.3) is 0 Å². The highest BCUT2D eigenvalue weighted by Crippen LogP contribution is 2.25. The molecular formula is C22H34F2N4. The van der Waals surface area contributed by atoms with Crippen molar-refractivity contribution < 1.29 is 8.78 Å². The van der Waals surface area contributed by atoms with Crippen LogP contribution in [-0.4, -0.2) is 49.1 Å². The molecule has 0 bridgehead atoms. The van der Waals surface area contributed by atoms with Crippen LogP contribution in [0.4, 0.5) is 8.78 Å². The van der Waals surface area contributed by atoms with Crippen LogP contribution in [0.1, 0.15) is 57.4 Å². The zero-order chi connectivity index (χ0) is 19.8. The van der Waals surface area contributed by atoms with E-state index in [-0.39, 0.29) is 0 Å². The molecule has 1 aromatic rings. The van der Waals surface area contributed by atoms with Crippen LogP contribution in [0.2, 0.25) is 0 Å². The number of likely N-dealkylation sites (tertiary alicyclic amines) is 1. The number of hydrogen-bond donors (Lipinski definition) is 2. The van der Waals surface area contributed by atoms with Crippen LogP contribution in [0.5, 0.6) is 0 Å². The quantitative estimate of drug-likeness (QED) is 0.570. The Kier molecular flexibility index (Phi) is 8.07. The van der Waals surface area contributed by atoms with Gasteiger partial charge in [-0.15, -0.1) is 0 Å². The van der Waals surface area contributed by atoms with Gasteiger partial charge in [0.2, 0.25) is 0 Å². The van der Waals surface area contributed by atoms with Crippen LogP contribution in [0.15, 0.2) is 23.2 Å². The van der Waals surface area contributed by atoms with Gasteiger partial charge in [0.25, 0.3) is 0 Å². The number of nitrogens with one attached hydrogen (secondary N) is 2. The molecule has 2 aliphatic rings. The Morgan fingerprint density at radius 3 is 2.54 bits per heavy atom. The minimum atomic E-state index is -0.542. The molecule has 1 saturated carbocycles. The fourth-order valence-corrected chi connectivity index (χ4v) is 4.38. The molecule has 6 heteroatoms. The van der Waals surface area contributed by atoms with Crippen molar-refractivity contribution in [1.29, 1.82) is 0 Å². The third-order valence-electron chi connectivity index (χ3n) is 5.97. The van der Waals surface area contributed by atoms with Gasteiger partial charge >= 0.3 is 0 Å². The minimum absolute atomic E-state index is 0.431. The summed E-state index contributed by atoms with van der Waals surface area (Å²) in [5, 5.41) is 6.83. The second kappa shape index (κ2) is 10.7. The Bertz CT molecular complexity index is 635. The molecule has 0 aromatic heterocycles. The van der Waals surface area contributed by atoms with Gasteiger partial charge in [0.1, 0.15) is 11.6 Å². The third-order valence-corrected chi connectivity index (χ3v) is 5.97. The van der Waals surface area contributed by atoms with Gasteiger partial charge < -0.3 is 15.5 Å². The van der Waals surface area contributed by atoms with E-state index in [9.17, 15) is 8.78 Å². The van der Waals surface area contributed by atoms with Gasteiger partial charge in [0, 0.05) is 44.3 Å². The first kappa shape index (κ1) is 21.0. The molecule has 1 aromatic carbocycles. The van der Waals surface area contributed by atoms with Gasteiger partial charge in [-0.2, -0.15) is 0 Å². The molecule has 2 fully saturated rings. The first-order chi connectivity index (χ1) is 13.7. The number of rotatable bonds is 6. The number of aliphatic imine (C=N–C) groups is 1. The van der Waals surface area contributed by atoms with Crippen LogP contribution < -0.4 is 10.6 Å². The summed E-state index contributed by atoms with van der Waals surface area (Å²) in [6.45, 7) is 5.62. The lowest BCUT2D eigenvalue weighted by atomic mass is 9.92. The second-order valence-electron chi connectivity index (χ2n) is 7.99. The van der Waals surface area contributed by atoms with Crippen molar-refractivity contribution in [3.63, 3.8) is 0 Å². The molecule has 28 heavy (non-hydrogen) atoms. The van der Waals surface area contributed by atoms with E-state index in [0.717, 1.165) is 50.5 Å². The summed E-state index contributed by atoms with van der Waals surface area (Å²) in [6.07, 6.45) is 9.62. The standard InChI is InChI=1S/C22H34F2N4/c1-2-25-22(26-13-10-17-8-9-18(23)16-21(17)24)27-19-11-14-28(15-12-19)20-6-4-3-5-7-20/h8-9,16,19-20H,2-7,10-15H2,1H3,(H2,25,26,27). The molecule has 0 spiro atoms. The Labute approximate surface area is 167 Å². The van der Waals surface area contributed by atoms with E-state index < -0.39 is 11.6 Å². The predicted octanol–water partition coefficient (Wildman–Crippen LogP) is 3.86. The van der Waals surface area contributed by atoms with Gasteiger partial charge in [-0.05, 0) is 50.7 Å². The van der Waals surface area contributed by atoms with Crippen molar-refractivity contribution in [2.24, 2.45) is 4.99 Å². The van der Waals surface area contributed by atoms with E-state index in [0.29, 0.717) is 24.6 Å². The summed E-state index contributed by atoms with van der Waals surface area (Å²) in [6, 6.07) is 4.96. The smallest absolute Gasteiger partial charge is 0.191 e. The third kappa shape index (κ3) is 6.16. The molecule has 1 aliphatic carbocycles. The van der Waals surface area contributed by atoms with Crippen molar-refractivity contribution in [3.8, 4) is 0 Å². The molecular weight excluding hydrogens is 358 g/mol. The summed E-state index contributed by atoms with van der Waals surface area (Å²) in [4.78, 5) is 7.27. The maximum absolute atomic E-state index is 13.8. The van der Waals surface area contributed by atoms with E-state index in [4.69, 9.17) is 0 Å². The zero-order valence-corrected chi connectivity index (χ0v) is 17.0. The summed E-state index contributed by atoms with van der Waals surface area (Å²) in [5.41, 5.74) is 0.502. The first-order valence-corrected chi connectivity index (χ1v) is 10.9. The monoisotopic (exact) mass is 392 g/mol. The number of hydrogen-bond acceptors (Lipinski definition) is 2. The average Bonchev–Trinajstić information content (AvgIpc) is 2.71. The Balaban J connectivity index is 1.46. The number of guanidine groups is 1. The number of piperidine rings is 1. The lowest BCUT2D eigenvalue weighted by Crippen LogP contribution is -2.51. The first-order valence-electron chi connectivity index (χ1n) is 10.9. The summed E-state index contributed by atoms with van der Waals surface area (Å²) in [7, 11) is 0. The van der Waals surface area contributed by atoms with E-state index in [1.165, 1.54) is 44.2 Å². The highest BCUT2D eigenvalue weighted by atomic mass is 19.1. The Morgan fingerprint density at radius 2 is 1.86 bits per heavy atom.